The van der Waals surface area contributed by atoms with Crippen LogP contribution >= 0.6 is 0 Å². The van der Waals surface area contributed by atoms with Crippen LogP contribution in [0.1, 0.15) is 16.1 Å². The Bertz CT molecular complexity index is 707. The van der Waals surface area contributed by atoms with E-state index in [1.807, 2.05) is 0 Å². The van der Waals surface area contributed by atoms with Gasteiger partial charge in [0, 0.05) is 29.7 Å². The van der Waals surface area contributed by atoms with Gasteiger partial charge in [0.1, 0.15) is 11.3 Å². The number of amides is 1. The summed E-state index contributed by atoms with van der Waals surface area (Å²) in [6.45, 7) is 1.74. The molecule has 0 radical (unpaired) electrons. The van der Waals surface area contributed by atoms with Gasteiger partial charge in [-0.05, 0) is 19.1 Å². The monoisotopic (exact) mass is 273 g/mol. The summed E-state index contributed by atoms with van der Waals surface area (Å²) < 4.78 is 5.13. The van der Waals surface area contributed by atoms with Gasteiger partial charge in [0.15, 0.2) is 5.43 Å². The lowest BCUT2D eigenvalue weighted by Crippen LogP contribution is -2.21. The van der Waals surface area contributed by atoms with Crippen molar-refractivity contribution in [2.75, 3.05) is 18.2 Å². The second kappa shape index (κ2) is 5.48. The highest BCUT2D eigenvalue weighted by atomic mass is 16.5. The van der Waals surface area contributed by atoms with Crippen molar-refractivity contribution in [2.45, 2.75) is 6.92 Å². The number of aromatic nitrogens is 1. The molecule has 0 bridgehead atoms. The van der Waals surface area contributed by atoms with Gasteiger partial charge < -0.3 is 20.8 Å². The zero-order valence-corrected chi connectivity index (χ0v) is 11.2. The molecule has 0 aliphatic rings. The molecular weight excluding hydrogens is 258 g/mol. The van der Waals surface area contributed by atoms with E-state index in [2.05, 4.69) is 10.3 Å². The van der Waals surface area contributed by atoms with E-state index in [1.54, 1.807) is 25.1 Å². The highest BCUT2D eigenvalue weighted by Crippen LogP contribution is 2.26. The Morgan fingerprint density at radius 3 is 2.75 bits per heavy atom. The summed E-state index contributed by atoms with van der Waals surface area (Å²) in [5.74, 6) is -0.0730. The number of ether oxygens (including phenoxy) is 1. The number of nitrogens with two attached hydrogens (primary N) is 1. The Morgan fingerprint density at radius 1 is 1.35 bits per heavy atom. The van der Waals surface area contributed by atoms with E-state index in [9.17, 15) is 9.59 Å². The second-order valence-corrected chi connectivity index (χ2v) is 4.31. The summed E-state index contributed by atoms with van der Waals surface area (Å²) >= 11 is 0. The first-order valence-electron chi connectivity index (χ1n) is 5.95. The van der Waals surface area contributed by atoms with Crippen molar-refractivity contribution < 1.29 is 9.53 Å². The standard InChI is InChI=1S/C14H15N3O3/c1-8-5-12(18)10(7-16-8)14(19)17-11-4-3-9(15)6-13(11)20-2/h3-7H,15H2,1-2H3,(H,16,18)(H,17,19). The predicted molar refractivity (Wildman–Crippen MR) is 77.2 cm³/mol. The van der Waals surface area contributed by atoms with Gasteiger partial charge >= 0.3 is 0 Å². The average molecular weight is 273 g/mol. The quantitative estimate of drug-likeness (QED) is 0.739. The Labute approximate surface area is 115 Å². The van der Waals surface area contributed by atoms with E-state index >= 15 is 0 Å². The normalized spacial score (nSPS) is 10.1. The maximum atomic E-state index is 12.1. The number of rotatable bonds is 3. The molecule has 1 amide bonds. The van der Waals surface area contributed by atoms with E-state index in [0.717, 1.165) is 0 Å². The van der Waals surface area contributed by atoms with E-state index in [0.29, 0.717) is 22.8 Å². The van der Waals surface area contributed by atoms with Crippen molar-refractivity contribution in [1.82, 2.24) is 4.98 Å². The van der Waals surface area contributed by atoms with E-state index in [4.69, 9.17) is 10.5 Å². The largest absolute Gasteiger partial charge is 0.494 e. The molecule has 4 N–H and O–H groups in total. The summed E-state index contributed by atoms with van der Waals surface area (Å²) in [5, 5.41) is 2.63. The third kappa shape index (κ3) is 2.80. The smallest absolute Gasteiger partial charge is 0.261 e. The van der Waals surface area contributed by atoms with E-state index in [1.165, 1.54) is 19.4 Å². The fraction of sp³-hybridized carbons (Fsp3) is 0.143. The number of carbonyl (C=O) groups excluding carboxylic acids is 1. The minimum Gasteiger partial charge on any atom is -0.494 e. The lowest BCUT2D eigenvalue weighted by Gasteiger charge is -2.10. The number of hydrogen-bond donors (Lipinski definition) is 3. The van der Waals surface area contributed by atoms with Crippen LogP contribution < -0.4 is 21.2 Å². The number of H-pyrrole nitrogens is 1. The molecule has 6 heteroatoms. The lowest BCUT2D eigenvalue weighted by molar-refractivity contribution is 0.102. The number of nitrogen functional groups attached to an aromatic ring is 1. The number of aryl methyl sites for hydroxylation is 1. The summed E-state index contributed by atoms with van der Waals surface area (Å²) in [6, 6.07) is 6.22. The minimum absolute atomic E-state index is 0.0366. The lowest BCUT2D eigenvalue weighted by atomic mass is 10.2. The van der Waals surface area contributed by atoms with Gasteiger partial charge in [-0.3, -0.25) is 9.59 Å². The molecular formula is C14H15N3O3. The molecule has 2 rings (SSSR count). The molecule has 0 atom stereocenters. The van der Waals surface area contributed by atoms with Crippen molar-refractivity contribution in [1.29, 1.82) is 0 Å². The Kier molecular flexibility index (Phi) is 3.74. The number of hydrogen-bond acceptors (Lipinski definition) is 4. The van der Waals surface area contributed by atoms with Gasteiger partial charge in [0.25, 0.3) is 5.91 Å². The van der Waals surface area contributed by atoms with Crippen LogP contribution in [0.5, 0.6) is 5.75 Å². The molecule has 0 fully saturated rings. The fourth-order valence-electron chi connectivity index (χ4n) is 1.75. The van der Waals surface area contributed by atoms with Crippen LogP contribution in [0.3, 0.4) is 0 Å². The van der Waals surface area contributed by atoms with Crippen molar-refractivity contribution in [3.8, 4) is 5.75 Å². The third-order valence-electron chi connectivity index (χ3n) is 2.78. The van der Waals surface area contributed by atoms with Gasteiger partial charge in [-0.2, -0.15) is 0 Å². The SMILES string of the molecule is COc1cc(N)ccc1NC(=O)c1c[nH]c(C)cc1=O. The summed E-state index contributed by atoms with van der Waals surface area (Å²) in [6.07, 6.45) is 1.39. The molecule has 0 aliphatic carbocycles. The van der Waals surface area contributed by atoms with Crippen LogP contribution in [-0.2, 0) is 0 Å². The maximum Gasteiger partial charge on any atom is 0.261 e. The van der Waals surface area contributed by atoms with Crippen molar-refractivity contribution in [3.63, 3.8) is 0 Å². The molecule has 0 spiro atoms. The predicted octanol–water partition coefficient (Wildman–Crippen LogP) is 1.53. The van der Waals surface area contributed by atoms with E-state index < -0.39 is 5.91 Å². The van der Waals surface area contributed by atoms with Crippen molar-refractivity contribution >= 4 is 17.3 Å². The van der Waals surface area contributed by atoms with Crippen LogP contribution in [0.2, 0.25) is 0 Å². The fourth-order valence-corrected chi connectivity index (χ4v) is 1.75. The molecule has 104 valence electrons. The van der Waals surface area contributed by atoms with Gasteiger partial charge in [0.05, 0.1) is 12.8 Å². The molecule has 0 saturated carbocycles. The van der Waals surface area contributed by atoms with Gasteiger partial charge in [-0.25, -0.2) is 0 Å². The summed E-state index contributed by atoms with van der Waals surface area (Å²) in [5.41, 5.74) is 7.00. The zero-order chi connectivity index (χ0) is 14.7. The Balaban J connectivity index is 2.30. The summed E-state index contributed by atoms with van der Waals surface area (Å²) in [4.78, 5) is 26.7. The number of benzene rings is 1. The maximum absolute atomic E-state index is 12.1. The highest BCUT2D eigenvalue weighted by molar-refractivity contribution is 6.04. The van der Waals surface area contributed by atoms with Crippen LogP contribution in [0.15, 0.2) is 35.3 Å². The number of methoxy groups -OCH3 is 1. The van der Waals surface area contributed by atoms with Crippen molar-refractivity contribution in [2.24, 2.45) is 0 Å². The third-order valence-corrected chi connectivity index (χ3v) is 2.78. The molecule has 1 aromatic heterocycles. The first kappa shape index (κ1) is 13.7. The van der Waals surface area contributed by atoms with Gasteiger partial charge in [0.2, 0.25) is 0 Å². The van der Waals surface area contributed by atoms with E-state index in [-0.39, 0.29) is 11.0 Å². The Morgan fingerprint density at radius 2 is 2.10 bits per heavy atom. The topological polar surface area (TPSA) is 97.2 Å². The first-order chi connectivity index (χ1) is 9.51. The molecule has 0 saturated heterocycles. The van der Waals surface area contributed by atoms with Crippen LogP contribution in [0.25, 0.3) is 0 Å². The zero-order valence-electron chi connectivity index (χ0n) is 11.2. The molecule has 20 heavy (non-hydrogen) atoms. The minimum atomic E-state index is -0.505. The molecule has 1 aromatic carbocycles. The average Bonchev–Trinajstić information content (AvgIpc) is 2.40. The molecule has 0 unspecified atom stereocenters. The second-order valence-electron chi connectivity index (χ2n) is 4.31. The summed E-state index contributed by atoms with van der Waals surface area (Å²) in [7, 11) is 1.48. The number of anilines is 2. The van der Waals surface area contributed by atoms with Crippen LogP contribution in [0, 0.1) is 6.92 Å². The van der Waals surface area contributed by atoms with Gasteiger partial charge in [-0.1, -0.05) is 0 Å². The number of nitrogens with one attached hydrogen (secondary N) is 2. The van der Waals surface area contributed by atoms with Crippen molar-refractivity contribution in [3.05, 3.63) is 51.9 Å². The molecule has 1 heterocycles. The van der Waals surface area contributed by atoms with Crippen LogP contribution in [0.4, 0.5) is 11.4 Å². The van der Waals surface area contributed by atoms with Crippen LogP contribution in [-0.4, -0.2) is 18.0 Å². The first-order valence-corrected chi connectivity index (χ1v) is 5.95. The molecule has 0 aliphatic heterocycles. The number of carbonyl (C=O) groups is 1. The highest BCUT2D eigenvalue weighted by Gasteiger charge is 2.13. The van der Waals surface area contributed by atoms with Gasteiger partial charge in [-0.15, -0.1) is 0 Å². The number of pyridine rings is 1. The Hall–Kier alpha value is -2.76. The molecule has 6 nitrogen and oxygen atoms in total. The molecule has 2 aromatic rings. The number of aromatic amines is 1.